The summed E-state index contributed by atoms with van der Waals surface area (Å²) in [5, 5.41) is 1.09. The Morgan fingerprint density at radius 1 is 1.15 bits per heavy atom. The lowest BCUT2D eigenvalue weighted by molar-refractivity contribution is 0.0997. The quantitative estimate of drug-likeness (QED) is 0.655. The van der Waals surface area contributed by atoms with Gasteiger partial charge in [0.05, 0.1) is 17.5 Å². The number of ether oxygens (including phenoxy) is 1. The number of nitrogens with zero attached hydrogens (tertiary/aromatic N) is 3. The molecular formula is C19H21N3O2S2. The Balaban J connectivity index is 1.53. The van der Waals surface area contributed by atoms with Crippen LogP contribution in [0.4, 0.5) is 10.8 Å². The normalized spacial score (nSPS) is 14.6. The van der Waals surface area contributed by atoms with Crippen molar-refractivity contribution in [2.24, 2.45) is 0 Å². The van der Waals surface area contributed by atoms with Crippen molar-refractivity contribution >= 4 is 48.9 Å². The Labute approximate surface area is 160 Å². The Bertz CT molecular complexity index is 879. The highest BCUT2D eigenvalue weighted by Gasteiger charge is 2.20. The molecule has 0 N–H and O–H groups in total. The molecule has 0 bridgehead atoms. The van der Waals surface area contributed by atoms with E-state index in [1.807, 2.05) is 30.3 Å². The Hall–Kier alpha value is -2.12. The van der Waals surface area contributed by atoms with Gasteiger partial charge in [0, 0.05) is 25.8 Å². The molecule has 0 atom stereocenters. The maximum absolute atomic E-state index is 12.8. The predicted octanol–water partition coefficient (Wildman–Crippen LogP) is 4.63. The lowest BCUT2D eigenvalue weighted by Gasteiger charge is -2.25. The van der Waals surface area contributed by atoms with Crippen LogP contribution in [0.25, 0.3) is 9.53 Å². The Morgan fingerprint density at radius 3 is 2.54 bits per heavy atom. The van der Waals surface area contributed by atoms with E-state index in [1.165, 1.54) is 30.6 Å². The molecule has 3 heterocycles. The number of carbonyl (C=O) groups is 1. The first kappa shape index (κ1) is 17.3. The molecule has 136 valence electrons. The van der Waals surface area contributed by atoms with E-state index in [2.05, 4.69) is 4.90 Å². The smallest absolute Gasteiger partial charge is 0.268 e. The third-order valence-electron chi connectivity index (χ3n) is 4.68. The Kier molecular flexibility index (Phi) is 4.82. The number of thiophene rings is 1. The second kappa shape index (κ2) is 7.25. The van der Waals surface area contributed by atoms with Crippen molar-refractivity contribution in [1.82, 2.24) is 4.98 Å². The van der Waals surface area contributed by atoms with E-state index in [9.17, 15) is 4.79 Å². The molecule has 0 radical (unpaired) electrons. The second-order valence-electron chi connectivity index (χ2n) is 6.39. The lowest BCUT2D eigenvalue weighted by atomic mass is 10.1. The molecule has 1 saturated heterocycles. The fourth-order valence-electron chi connectivity index (χ4n) is 3.14. The number of methoxy groups -OCH3 is 1. The first-order chi connectivity index (χ1) is 12.7. The van der Waals surface area contributed by atoms with E-state index < -0.39 is 0 Å². The van der Waals surface area contributed by atoms with Crippen LogP contribution in [-0.2, 0) is 0 Å². The van der Waals surface area contributed by atoms with Crippen molar-refractivity contribution in [1.29, 1.82) is 0 Å². The van der Waals surface area contributed by atoms with Gasteiger partial charge in [-0.15, -0.1) is 11.3 Å². The summed E-state index contributed by atoms with van der Waals surface area (Å²) in [6, 6.07) is 9.42. The predicted molar refractivity (Wildman–Crippen MR) is 109 cm³/mol. The number of fused-ring (bicyclic) bond motifs is 1. The van der Waals surface area contributed by atoms with E-state index in [0.717, 1.165) is 44.1 Å². The number of anilines is 2. The van der Waals surface area contributed by atoms with Crippen LogP contribution in [0.3, 0.4) is 0 Å². The van der Waals surface area contributed by atoms with Gasteiger partial charge in [0.2, 0.25) is 0 Å². The molecule has 1 aliphatic rings. The Morgan fingerprint density at radius 2 is 1.88 bits per heavy atom. The van der Waals surface area contributed by atoms with Crippen molar-refractivity contribution in [3.8, 4) is 5.75 Å². The van der Waals surface area contributed by atoms with Crippen LogP contribution in [0.15, 0.2) is 30.3 Å². The number of piperidine rings is 1. The summed E-state index contributed by atoms with van der Waals surface area (Å²) in [7, 11) is 3.43. The van der Waals surface area contributed by atoms with Gasteiger partial charge in [0.1, 0.15) is 9.76 Å². The van der Waals surface area contributed by atoms with E-state index >= 15 is 0 Å². The molecule has 0 spiro atoms. The maximum atomic E-state index is 12.8. The molecule has 2 aromatic heterocycles. The van der Waals surface area contributed by atoms with Crippen molar-refractivity contribution in [2.75, 3.05) is 37.0 Å². The number of aromatic nitrogens is 1. The third-order valence-corrected chi connectivity index (χ3v) is 7.01. The third kappa shape index (κ3) is 3.29. The van der Waals surface area contributed by atoms with Gasteiger partial charge in [-0.2, -0.15) is 0 Å². The van der Waals surface area contributed by atoms with Crippen LogP contribution in [0.5, 0.6) is 5.75 Å². The summed E-state index contributed by atoms with van der Waals surface area (Å²) in [5.74, 6) is 0.769. The van der Waals surface area contributed by atoms with Crippen LogP contribution in [-0.4, -0.2) is 38.1 Å². The SMILES string of the molecule is COc1ccc(N(C)C(=O)c2cc3nc(N4CCCCC4)sc3s2)cc1. The number of hydrogen-bond acceptors (Lipinski definition) is 6. The summed E-state index contributed by atoms with van der Waals surface area (Å²) >= 11 is 3.23. The van der Waals surface area contributed by atoms with Crippen molar-refractivity contribution in [3.63, 3.8) is 0 Å². The minimum absolute atomic E-state index is 0.00936. The van der Waals surface area contributed by atoms with Crippen LogP contribution in [0.1, 0.15) is 28.9 Å². The topological polar surface area (TPSA) is 45.7 Å². The number of benzene rings is 1. The maximum Gasteiger partial charge on any atom is 0.268 e. The fourth-order valence-corrected chi connectivity index (χ4v) is 5.43. The molecule has 0 unspecified atom stereocenters. The van der Waals surface area contributed by atoms with Crippen molar-refractivity contribution < 1.29 is 9.53 Å². The summed E-state index contributed by atoms with van der Waals surface area (Å²) in [4.78, 5) is 22.3. The molecule has 1 aliphatic heterocycles. The van der Waals surface area contributed by atoms with Gasteiger partial charge in [-0.25, -0.2) is 4.98 Å². The highest BCUT2D eigenvalue weighted by Crippen LogP contribution is 2.36. The van der Waals surface area contributed by atoms with Gasteiger partial charge < -0.3 is 14.5 Å². The van der Waals surface area contributed by atoms with Crippen LogP contribution < -0.4 is 14.5 Å². The molecule has 3 aromatic rings. The minimum atomic E-state index is -0.00936. The standard InChI is InChI=1S/C19H21N3O2S2/c1-21(13-6-8-14(24-2)9-7-13)17(23)16-12-15-18(25-16)26-19(20-15)22-10-4-3-5-11-22/h6-9,12H,3-5,10-11H2,1-2H3. The van der Waals surface area contributed by atoms with Gasteiger partial charge in [-0.05, 0) is 49.6 Å². The zero-order valence-electron chi connectivity index (χ0n) is 14.9. The van der Waals surface area contributed by atoms with Crippen LogP contribution in [0.2, 0.25) is 0 Å². The molecule has 1 fully saturated rings. The van der Waals surface area contributed by atoms with Gasteiger partial charge >= 0.3 is 0 Å². The fraction of sp³-hybridized carbons (Fsp3) is 0.368. The molecular weight excluding hydrogens is 366 g/mol. The van der Waals surface area contributed by atoms with Gasteiger partial charge in [0.25, 0.3) is 5.91 Å². The molecule has 4 rings (SSSR count). The van der Waals surface area contributed by atoms with E-state index in [4.69, 9.17) is 9.72 Å². The highest BCUT2D eigenvalue weighted by atomic mass is 32.2. The largest absolute Gasteiger partial charge is 0.497 e. The van der Waals surface area contributed by atoms with Crippen molar-refractivity contribution in [2.45, 2.75) is 19.3 Å². The summed E-state index contributed by atoms with van der Waals surface area (Å²) in [6.45, 7) is 2.18. The highest BCUT2D eigenvalue weighted by molar-refractivity contribution is 7.40. The van der Waals surface area contributed by atoms with Gasteiger partial charge in [-0.3, -0.25) is 4.79 Å². The van der Waals surface area contributed by atoms with Crippen LogP contribution in [0, 0.1) is 0 Å². The number of thiazole rings is 1. The molecule has 26 heavy (non-hydrogen) atoms. The molecule has 5 nitrogen and oxygen atoms in total. The number of amides is 1. The molecule has 0 saturated carbocycles. The summed E-state index contributed by atoms with van der Waals surface area (Å²) < 4.78 is 6.29. The molecule has 1 amide bonds. The average molecular weight is 388 g/mol. The second-order valence-corrected chi connectivity index (χ2v) is 8.68. The van der Waals surface area contributed by atoms with E-state index in [0.29, 0.717) is 0 Å². The molecule has 7 heteroatoms. The number of rotatable bonds is 4. The van der Waals surface area contributed by atoms with Crippen molar-refractivity contribution in [3.05, 3.63) is 35.2 Å². The summed E-state index contributed by atoms with van der Waals surface area (Å²) in [6.07, 6.45) is 3.79. The minimum Gasteiger partial charge on any atom is -0.497 e. The van der Waals surface area contributed by atoms with Gasteiger partial charge in [-0.1, -0.05) is 11.3 Å². The molecule has 0 aliphatic carbocycles. The van der Waals surface area contributed by atoms with Crippen LogP contribution >= 0.6 is 22.7 Å². The number of carbonyl (C=O) groups excluding carboxylic acids is 1. The summed E-state index contributed by atoms with van der Waals surface area (Å²) in [5.41, 5.74) is 1.78. The average Bonchev–Trinajstić information content (AvgIpc) is 3.27. The number of hydrogen-bond donors (Lipinski definition) is 0. The van der Waals surface area contributed by atoms with E-state index in [1.54, 1.807) is 30.4 Å². The first-order valence-electron chi connectivity index (χ1n) is 8.73. The van der Waals surface area contributed by atoms with Gasteiger partial charge in [0.15, 0.2) is 5.13 Å². The molecule has 1 aromatic carbocycles. The van der Waals surface area contributed by atoms with E-state index in [-0.39, 0.29) is 5.91 Å². The monoisotopic (exact) mass is 387 g/mol. The lowest BCUT2D eigenvalue weighted by Crippen LogP contribution is -2.29. The zero-order chi connectivity index (χ0) is 18.1. The first-order valence-corrected chi connectivity index (χ1v) is 10.4. The zero-order valence-corrected chi connectivity index (χ0v) is 16.5.